The summed E-state index contributed by atoms with van der Waals surface area (Å²) in [7, 11) is -3.54. The molecule has 2 fully saturated rings. The van der Waals surface area contributed by atoms with E-state index in [2.05, 4.69) is 20.5 Å². The van der Waals surface area contributed by atoms with Crippen molar-refractivity contribution in [3.63, 3.8) is 0 Å². The van der Waals surface area contributed by atoms with Crippen LogP contribution in [0.1, 0.15) is 37.4 Å². The molecule has 1 atom stereocenters. The third-order valence-electron chi connectivity index (χ3n) is 5.72. The van der Waals surface area contributed by atoms with E-state index in [4.69, 9.17) is 0 Å². The van der Waals surface area contributed by atoms with Crippen molar-refractivity contribution in [3.05, 3.63) is 47.6 Å². The van der Waals surface area contributed by atoms with Gasteiger partial charge in [0.2, 0.25) is 5.91 Å². The van der Waals surface area contributed by atoms with Gasteiger partial charge in [-0.15, -0.1) is 11.3 Å². The Balaban J connectivity index is 1.23. The highest BCUT2D eigenvalue weighted by molar-refractivity contribution is 7.91. The standard InChI is InChI=1S/C21H23N5O3S2/c27-21(16-3-1-11-26(13-16)31(28,29)18-4-2-12-30-18)22-17-9-7-15(8-10-17)20-23-19(24-25-20)14-5-6-14/h2,4,7-10,12,14,16H,1,3,5-6,11,13H2,(H,22,27)(H,23,24,25). The zero-order valence-electron chi connectivity index (χ0n) is 16.8. The second-order valence-electron chi connectivity index (χ2n) is 8.02. The van der Waals surface area contributed by atoms with E-state index < -0.39 is 10.0 Å². The third-order valence-corrected chi connectivity index (χ3v) is 8.96. The number of nitrogens with zero attached hydrogens (tertiary/aromatic N) is 3. The molecule has 3 heterocycles. The van der Waals surface area contributed by atoms with Crippen molar-refractivity contribution in [1.82, 2.24) is 19.5 Å². The van der Waals surface area contributed by atoms with E-state index in [1.54, 1.807) is 17.5 Å². The van der Waals surface area contributed by atoms with E-state index >= 15 is 0 Å². The minimum absolute atomic E-state index is 0.159. The molecule has 8 nitrogen and oxygen atoms in total. The fourth-order valence-corrected chi connectivity index (χ4v) is 6.47. The van der Waals surface area contributed by atoms with Crippen molar-refractivity contribution in [1.29, 1.82) is 0 Å². The molecule has 10 heteroatoms. The maximum Gasteiger partial charge on any atom is 0.252 e. The van der Waals surface area contributed by atoms with Crippen molar-refractivity contribution < 1.29 is 13.2 Å². The molecule has 2 N–H and O–H groups in total. The predicted molar refractivity (Wildman–Crippen MR) is 118 cm³/mol. The first-order chi connectivity index (χ1) is 15.0. The van der Waals surface area contributed by atoms with Gasteiger partial charge in [0.15, 0.2) is 5.82 Å². The van der Waals surface area contributed by atoms with Crippen molar-refractivity contribution in [3.8, 4) is 11.4 Å². The molecule has 3 aromatic rings. The minimum Gasteiger partial charge on any atom is -0.326 e. The number of hydrogen-bond donors (Lipinski definition) is 2. The Morgan fingerprint density at radius 3 is 2.68 bits per heavy atom. The van der Waals surface area contributed by atoms with E-state index in [9.17, 15) is 13.2 Å². The van der Waals surface area contributed by atoms with Crippen molar-refractivity contribution in [2.75, 3.05) is 18.4 Å². The monoisotopic (exact) mass is 457 g/mol. The van der Waals surface area contributed by atoms with Gasteiger partial charge in [0.1, 0.15) is 10.0 Å². The van der Waals surface area contributed by atoms with E-state index in [1.807, 2.05) is 24.3 Å². The molecular weight excluding hydrogens is 434 g/mol. The van der Waals surface area contributed by atoms with Crippen LogP contribution in [0.25, 0.3) is 11.4 Å². The first-order valence-corrected chi connectivity index (χ1v) is 12.7. The number of carbonyl (C=O) groups excluding carboxylic acids is 1. The maximum absolute atomic E-state index is 12.8. The van der Waals surface area contributed by atoms with E-state index in [0.717, 1.165) is 24.2 Å². The van der Waals surface area contributed by atoms with Crippen LogP contribution in [0.5, 0.6) is 0 Å². The summed E-state index contributed by atoms with van der Waals surface area (Å²) in [6.45, 7) is 0.642. The Morgan fingerprint density at radius 2 is 1.97 bits per heavy atom. The van der Waals surface area contributed by atoms with Gasteiger partial charge in [-0.25, -0.2) is 13.4 Å². The van der Waals surface area contributed by atoms with Crippen LogP contribution in [0, 0.1) is 5.92 Å². The number of carbonyl (C=O) groups is 1. The number of aromatic amines is 1. The lowest BCUT2D eigenvalue weighted by Gasteiger charge is -2.30. The van der Waals surface area contributed by atoms with Crippen LogP contribution in [-0.2, 0) is 14.8 Å². The number of sulfonamides is 1. The van der Waals surface area contributed by atoms with E-state index in [1.165, 1.54) is 15.6 Å². The van der Waals surface area contributed by atoms with Crippen molar-refractivity contribution in [2.24, 2.45) is 5.92 Å². The number of amides is 1. The second kappa shape index (κ2) is 8.18. The van der Waals surface area contributed by atoms with Crippen LogP contribution in [0.15, 0.2) is 46.0 Å². The minimum atomic E-state index is -3.54. The summed E-state index contributed by atoms with van der Waals surface area (Å²) in [5.74, 6) is 1.57. The Morgan fingerprint density at radius 1 is 1.16 bits per heavy atom. The molecule has 0 bridgehead atoms. The molecule has 1 saturated heterocycles. The molecule has 1 aromatic carbocycles. The fourth-order valence-electron chi connectivity index (χ4n) is 3.80. The molecule has 2 aromatic heterocycles. The fraction of sp³-hybridized carbons (Fsp3) is 0.381. The van der Waals surface area contributed by atoms with Crippen LogP contribution in [0.2, 0.25) is 0 Å². The van der Waals surface area contributed by atoms with Gasteiger partial charge in [0.05, 0.1) is 5.92 Å². The van der Waals surface area contributed by atoms with Gasteiger partial charge in [-0.2, -0.15) is 9.40 Å². The van der Waals surface area contributed by atoms with Crippen LogP contribution < -0.4 is 5.32 Å². The number of anilines is 1. The summed E-state index contributed by atoms with van der Waals surface area (Å²) in [6.07, 6.45) is 3.65. The topological polar surface area (TPSA) is 108 Å². The molecule has 1 aliphatic carbocycles. The van der Waals surface area contributed by atoms with Crippen molar-refractivity contribution >= 4 is 33.0 Å². The average Bonchev–Trinajstić information content (AvgIpc) is 3.27. The van der Waals surface area contributed by atoms with E-state index in [0.29, 0.717) is 41.0 Å². The zero-order chi connectivity index (χ0) is 21.4. The number of rotatable bonds is 6. The van der Waals surface area contributed by atoms with Gasteiger partial charge in [-0.1, -0.05) is 6.07 Å². The number of benzene rings is 1. The Labute approximate surface area is 184 Å². The second-order valence-corrected chi connectivity index (χ2v) is 11.1. The SMILES string of the molecule is O=C(Nc1ccc(-c2n[nH]c(C3CC3)n2)cc1)C1CCCN(S(=O)(=O)c2cccs2)C1. The summed E-state index contributed by atoms with van der Waals surface area (Å²) in [6, 6.07) is 10.7. The summed E-state index contributed by atoms with van der Waals surface area (Å²) >= 11 is 1.20. The number of H-pyrrole nitrogens is 1. The number of piperidine rings is 1. The van der Waals surface area contributed by atoms with Gasteiger partial charge in [0, 0.05) is 30.3 Å². The van der Waals surface area contributed by atoms with Crippen molar-refractivity contribution in [2.45, 2.75) is 35.8 Å². The highest BCUT2D eigenvalue weighted by Gasteiger charge is 2.34. The lowest BCUT2D eigenvalue weighted by Crippen LogP contribution is -2.43. The Hall–Kier alpha value is -2.56. The van der Waals surface area contributed by atoms with Gasteiger partial charge >= 0.3 is 0 Å². The smallest absolute Gasteiger partial charge is 0.252 e. The lowest BCUT2D eigenvalue weighted by atomic mass is 9.98. The highest BCUT2D eigenvalue weighted by Crippen LogP contribution is 2.38. The summed E-state index contributed by atoms with van der Waals surface area (Å²) in [4.78, 5) is 17.4. The number of nitrogens with one attached hydrogen (secondary N) is 2. The molecule has 1 amide bonds. The van der Waals surface area contributed by atoms with Crippen LogP contribution in [-0.4, -0.2) is 46.9 Å². The van der Waals surface area contributed by atoms with Crippen LogP contribution in [0.3, 0.4) is 0 Å². The molecule has 1 saturated carbocycles. The Bertz CT molecular complexity index is 1170. The summed E-state index contributed by atoms with van der Waals surface area (Å²) in [5.41, 5.74) is 1.55. The molecular formula is C21H23N5O3S2. The molecule has 31 heavy (non-hydrogen) atoms. The molecule has 5 rings (SSSR count). The Kier molecular flexibility index (Phi) is 5.37. The average molecular weight is 458 g/mol. The summed E-state index contributed by atoms with van der Waals surface area (Å²) < 4.78 is 27.3. The normalized spacial score (nSPS) is 19.9. The largest absolute Gasteiger partial charge is 0.326 e. The molecule has 0 spiro atoms. The molecule has 1 aliphatic heterocycles. The van der Waals surface area contributed by atoms with Crippen LogP contribution >= 0.6 is 11.3 Å². The number of aromatic nitrogens is 3. The first-order valence-electron chi connectivity index (χ1n) is 10.4. The summed E-state index contributed by atoms with van der Waals surface area (Å²) in [5, 5.41) is 11.9. The molecule has 1 unspecified atom stereocenters. The predicted octanol–water partition coefficient (Wildman–Crippen LogP) is 3.45. The lowest BCUT2D eigenvalue weighted by molar-refractivity contribution is -0.120. The number of hydrogen-bond acceptors (Lipinski definition) is 6. The molecule has 2 aliphatic rings. The van der Waals surface area contributed by atoms with E-state index in [-0.39, 0.29) is 18.4 Å². The first kappa shape index (κ1) is 20.3. The van der Waals surface area contributed by atoms with Gasteiger partial charge in [0.25, 0.3) is 10.0 Å². The molecule has 0 radical (unpaired) electrons. The van der Waals surface area contributed by atoms with Crippen LogP contribution in [0.4, 0.5) is 5.69 Å². The molecule has 162 valence electrons. The van der Waals surface area contributed by atoms with Gasteiger partial charge < -0.3 is 5.32 Å². The maximum atomic E-state index is 12.8. The zero-order valence-corrected chi connectivity index (χ0v) is 18.5. The highest BCUT2D eigenvalue weighted by atomic mass is 32.2. The van der Waals surface area contributed by atoms with Gasteiger partial charge in [-0.3, -0.25) is 9.89 Å². The number of thiophene rings is 1. The quantitative estimate of drug-likeness (QED) is 0.589. The van der Waals surface area contributed by atoms with Gasteiger partial charge in [-0.05, 0) is 61.4 Å². The third kappa shape index (κ3) is 4.28.